The molecule has 1 atom stereocenters. The third-order valence-corrected chi connectivity index (χ3v) is 3.77. The van der Waals surface area contributed by atoms with Crippen LogP contribution in [-0.2, 0) is 17.6 Å². The van der Waals surface area contributed by atoms with Crippen molar-refractivity contribution < 1.29 is 19.7 Å². The smallest absolute Gasteiger partial charge is 0.311 e. The molecule has 116 valence electrons. The van der Waals surface area contributed by atoms with Crippen LogP contribution in [0.2, 0.25) is 0 Å². The summed E-state index contributed by atoms with van der Waals surface area (Å²) in [6.45, 7) is 2.06. The van der Waals surface area contributed by atoms with Gasteiger partial charge in [0.15, 0.2) is 11.5 Å². The number of carboxylic acids is 1. The first-order valence-electron chi connectivity index (χ1n) is 7.22. The summed E-state index contributed by atoms with van der Waals surface area (Å²) in [5, 5.41) is 19.3. The molecule has 0 aromatic heterocycles. The standard InChI is InChI=1S/C18H20O4/c1-3-12-4-7-14(8-5-12)15(18(20)21)10-13-6-9-17(22-2)16(19)11-13/h4-9,11,15,19H,3,10H2,1-2H3,(H,20,21). The molecule has 2 aromatic rings. The lowest BCUT2D eigenvalue weighted by molar-refractivity contribution is -0.138. The number of ether oxygens (including phenoxy) is 1. The van der Waals surface area contributed by atoms with Crippen molar-refractivity contribution in [3.63, 3.8) is 0 Å². The molecule has 0 fully saturated rings. The summed E-state index contributed by atoms with van der Waals surface area (Å²) >= 11 is 0. The quantitative estimate of drug-likeness (QED) is 0.858. The highest BCUT2D eigenvalue weighted by Gasteiger charge is 2.20. The molecule has 0 amide bonds. The summed E-state index contributed by atoms with van der Waals surface area (Å²) in [4.78, 5) is 11.6. The largest absolute Gasteiger partial charge is 0.504 e. The van der Waals surface area contributed by atoms with Crippen molar-refractivity contribution in [1.82, 2.24) is 0 Å². The van der Waals surface area contributed by atoms with E-state index in [0.717, 1.165) is 17.5 Å². The van der Waals surface area contributed by atoms with Gasteiger partial charge in [-0.25, -0.2) is 0 Å². The van der Waals surface area contributed by atoms with Gasteiger partial charge in [0.05, 0.1) is 13.0 Å². The second-order valence-electron chi connectivity index (χ2n) is 5.20. The van der Waals surface area contributed by atoms with Gasteiger partial charge in [0.2, 0.25) is 0 Å². The monoisotopic (exact) mass is 300 g/mol. The number of aliphatic carboxylic acids is 1. The lowest BCUT2D eigenvalue weighted by Gasteiger charge is -2.14. The molecule has 0 aliphatic rings. The van der Waals surface area contributed by atoms with Crippen LogP contribution in [0.4, 0.5) is 0 Å². The molecule has 0 aliphatic heterocycles. The van der Waals surface area contributed by atoms with Gasteiger partial charge in [-0.3, -0.25) is 4.79 Å². The summed E-state index contributed by atoms with van der Waals surface area (Å²) < 4.78 is 5.00. The number of aromatic hydroxyl groups is 1. The maximum atomic E-state index is 11.6. The van der Waals surface area contributed by atoms with E-state index < -0.39 is 11.9 Å². The normalized spacial score (nSPS) is 11.9. The van der Waals surface area contributed by atoms with E-state index in [4.69, 9.17) is 4.74 Å². The number of hydrogen-bond donors (Lipinski definition) is 2. The highest BCUT2D eigenvalue weighted by atomic mass is 16.5. The van der Waals surface area contributed by atoms with Crippen LogP contribution in [0.1, 0.15) is 29.5 Å². The van der Waals surface area contributed by atoms with Crippen LogP contribution in [0.5, 0.6) is 11.5 Å². The van der Waals surface area contributed by atoms with Gasteiger partial charge in [0.25, 0.3) is 0 Å². The van der Waals surface area contributed by atoms with Crippen molar-refractivity contribution in [2.24, 2.45) is 0 Å². The number of benzene rings is 2. The van der Waals surface area contributed by atoms with Crippen LogP contribution in [-0.4, -0.2) is 23.3 Å². The molecule has 0 saturated heterocycles. The summed E-state index contributed by atoms with van der Waals surface area (Å²) in [5.74, 6) is -1.12. The lowest BCUT2D eigenvalue weighted by Crippen LogP contribution is -2.14. The predicted molar refractivity (Wildman–Crippen MR) is 84.6 cm³/mol. The Morgan fingerprint density at radius 3 is 2.27 bits per heavy atom. The molecular weight excluding hydrogens is 280 g/mol. The maximum Gasteiger partial charge on any atom is 0.311 e. The Balaban J connectivity index is 2.25. The van der Waals surface area contributed by atoms with Gasteiger partial charge in [0, 0.05) is 0 Å². The topological polar surface area (TPSA) is 66.8 Å². The molecule has 4 nitrogen and oxygen atoms in total. The Hall–Kier alpha value is -2.49. The van der Waals surface area contributed by atoms with Crippen molar-refractivity contribution in [2.75, 3.05) is 7.11 Å². The highest BCUT2D eigenvalue weighted by molar-refractivity contribution is 5.76. The number of phenols is 1. The highest BCUT2D eigenvalue weighted by Crippen LogP contribution is 2.29. The number of phenolic OH excluding ortho intramolecular Hbond substituents is 1. The fourth-order valence-electron chi connectivity index (χ4n) is 2.43. The van der Waals surface area contributed by atoms with Gasteiger partial charge >= 0.3 is 5.97 Å². The van der Waals surface area contributed by atoms with Gasteiger partial charge in [-0.1, -0.05) is 37.3 Å². The minimum Gasteiger partial charge on any atom is -0.504 e. The van der Waals surface area contributed by atoms with Crippen molar-refractivity contribution in [3.8, 4) is 11.5 Å². The van der Waals surface area contributed by atoms with Crippen LogP contribution in [0, 0.1) is 0 Å². The van der Waals surface area contributed by atoms with E-state index in [1.807, 2.05) is 24.3 Å². The van der Waals surface area contributed by atoms with E-state index in [0.29, 0.717) is 12.2 Å². The van der Waals surface area contributed by atoms with E-state index in [9.17, 15) is 15.0 Å². The predicted octanol–water partition coefficient (Wildman–Crippen LogP) is 3.37. The van der Waals surface area contributed by atoms with E-state index in [2.05, 4.69) is 6.92 Å². The molecule has 0 radical (unpaired) electrons. The average molecular weight is 300 g/mol. The second kappa shape index (κ2) is 6.98. The number of methoxy groups -OCH3 is 1. The zero-order valence-corrected chi connectivity index (χ0v) is 12.7. The van der Waals surface area contributed by atoms with Gasteiger partial charge in [-0.05, 0) is 41.7 Å². The molecule has 1 unspecified atom stereocenters. The van der Waals surface area contributed by atoms with Crippen molar-refractivity contribution >= 4 is 5.97 Å². The molecular formula is C18H20O4. The fraction of sp³-hybridized carbons (Fsp3) is 0.278. The van der Waals surface area contributed by atoms with Crippen molar-refractivity contribution in [2.45, 2.75) is 25.7 Å². The van der Waals surface area contributed by atoms with Crippen LogP contribution in [0.3, 0.4) is 0 Å². The fourth-order valence-corrected chi connectivity index (χ4v) is 2.43. The van der Waals surface area contributed by atoms with E-state index in [1.54, 1.807) is 18.2 Å². The molecule has 0 spiro atoms. The van der Waals surface area contributed by atoms with Crippen LogP contribution in [0.15, 0.2) is 42.5 Å². The van der Waals surface area contributed by atoms with Gasteiger partial charge in [-0.15, -0.1) is 0 Å². The molecule has 4 heteroatoms. The maximum absolute atomic E-state index is 11.6. The Morgan fingerprint density at radius 1 is 1.14 bits per heavy atom. The van der Waals surface area contributed by atoms with Gasteiger partial charge < -0.3 is 14.9 Å². The number of hydrogen-bond acceptors (Lipinski definition) is 3. The van der Waals surface area contributed by atoms with Crippen molar-refractivity contribution in [1.29, 1.82) is 0 Å². The molecule has 0 saturated carbocycles. The van der Waals surface area contributed by atoms with Gasteiger partial charge in [-0.2, -0.15) is 0 Å². The number of carbonyl (C=O) groups is 1. The Morgan fingerprint density at radius 2 is 1.77 bits per heavy atom. The van der Waals surface area contributed by atoms with Crippen molar-refractivity contribution in [3.05, 3.63) is 59.2 Å². The number of rotatable bonds is 6. The van der Waals surface area contributed by atoms with Crippen LogP contribution >= 0.6 is 0 Å². The van der Waals surface area contributed by atoms with Gasteiger partial charge in [0.1, 0.15) is 0 Å². The Labute approximate surface area is 130 Å². The minimum atomic E-state index is -0.875. The van der Waals surface area contributed by atoms with E-state index in [-0.39, 0.29) is 5.75 Å². The summed E-state index contributed by atoms with van der Waals surface area (Å²) in [5.41, 5.74) is 2.69. The third-order valence-electron chi connectivity index (χ3n) is 3.77. The lowest BCUT2D eigenvalue weighted by atomic mass is 9.91. The zero-order chi connectivity index (χ0) is 16.1. The van der Waals surface area contributed by atoms with E-state index in [1.165, 1.54) is 12.7 Å². The summed E-state index contributed by atoms with van der Waals surface area (Å²) in [7, 11) is 1.48. The van der Waals surface area contributed by atoms with Crippen LogP contribution < -0.4 is 4.74 Å². The molecule has 2 aromatic carbocycles. The van der Waals surface area contributed by atoms with E-state index >= 15 is 0 Å². The molecule has 0 bridgehead atoms. The molecule has 22 heavy (non-hydrogen) atoms. The summed E-state index contributed by atoms with van der Waals surface area (Å²) in [6, 6.07) is 12.6. The molecule has 0 heterocycles. The molecule has 0 aliphatic carbocycles. The Bertz CT molecular complexity index is 647. The first-order valence-corrected chi connectivity index (χ1v) is 7.22. The zero-order valence-electron chi connectivity index (χ0n) is 12.7. The third kappa shape index (κ3) is 3.58. The average Bonchev–Trinajstić information content (AvgIpc) is 2.52. The second-order valence-corrected chi connectivity index (χ2v) is 5.20. The Kier molecular flexibility index (Phi) is 5.04. The SMILES string of the molecule is CCc1ccc(C(Cc2ccc(OC)c(O)c2)C(=O)O)cc1. The first-order chi connectivity index (χ1) is 10.5. The number of carboxylic acid groups (broad SMARTS) is 1. The minimum absolute atomic E-state index is 0.0190. The molecule has 2 rings (SSSR count). The summed E-state index contributed by atoms with van der Waals surface area (Å²) in [6.07, 6.45) is 1.24. The van der Waals surface area contributed by atoms with Crippen LogP contribution in [0.25, 0.3) is 0 Å². The molecule has 2 N–H and O–H groups in total. The number of aryl methyl sites for hydroxylation is 1. The first kappa shape index (κ1) is 15.9.